The molecule has 1 unspecified atom stereocenters. The van der Waals surface area contributed by atoms with Crippen LogP contribution in [-0.4, -0.2) is 42.7 Å². The van der Waals surface area contributed by atoms with Gasteiger partial charge in [-0.25, -0.2) is 0 Å². The highest BCUT2D eigenvalue weighted by Gasteiger charge is 2.30. The second kappa shape index (κ2) is 6.70. The largest absolute Gasteiger partial charge is 0.401 e. The lowest BCUT2D eigenvalue weighted by molar-refractivity contribution is -0.146. The maximum Gasteiger partial charge on any atom is 0.401 e. The smallest absolute Gasteiger partial charge is 0.368 e. The molecule has 0 radical (unpaired) electrons. The molecule has 0 saturated carbocycles. The third kappa shape index (κ3) is 7.47. The fourth-order valence-electron chi connectivity index (χ4n) is 1.30. The van der Waals surface area contributed by atoms with Gasteiger partial charge in [0.05, 0.1) is 12.6 Å². The molecule has 7 heteroatoms. The van der Waals surface area contributed by atoms with E-state index in [1.54, 1.807) is 6.92 Å². The van der Waals surface area contributed by atoms with Gasteiger partial charge in [-0.15, -0.1) is 0 Å². The van der Waals surface area contributed by atoms with Gasteiger partial charge in [-0.2, -0.15) is 13.2 Å². The van der Waals surface area contributed by atoms with Gasteiger partial charge in [0, 0.05) is 6.54 Å². The van der Waals surface area contributed by atoms with Crippen molar-refractivity contribution in [3.05, 3.63) is 0 Å². The molecule has 96 valence electrons. The van der Waals surface area contributed by atoms with Gasteiger partial charge in [-0.05, 0) is 19.4 Å². The summed E-state index contributed by atoms with van der Waals surface area (Å²) in [4.78, 5) is 11.8. The zero-order chi connectivity index (χ0) is 12.8. The Bertz CT molecular complexity index is 221. The van der Waals surface area contributed by atoms with Crippen LogP contribution in [0.25, 0.3) is 0 Å². The maximum atomic E-state index is 12.1. The highest BCUT2D eigenvalue weighted by Crippen LogP contribution is 2.16. The highest BCUT2D eigenvalue weighted by atomic mass is 19.4. The van der Waals surface area contributed by atoms with Gasteiger partial charge in [0.2, 0.25) is 5.91 Å². The standard InChI is InChI=1S/C9H18F3N3O/c1-2-4-15(6-9(10,11)12)5-3-7(13)8(14)16/h7H,2-6,13H2,1H3,(H2,14,16). The first-order valence-electron chi connectivity index (χ1n) is 5.10. The van der Waals surface area contributed by atoms with Crippen LogP contribution >= 0.6 is 0 Å². The number of carbonyl (C=O) groups is 1. The molecule has 0 aromatic heterocycles. The van der Waals surface area contributed by atoms with Crippen LogP contribution in [0.1, 0.15) is 19.8 Å². The molecule has 0 aromatic carbocycles. The molecule has 0 aliphatic rings. The first-order valence-corrected chi connectivity index (χ1v) is 5.10. The van der Waals surface area contributed by atoms with E-state index in [2.05, 4.69) is 0 Å². The number of amides is 1. The first kappa shape index (κ1) is 15.2. The van der Waals surface area contributed by atoms with E-state index in [9.17, 15) is 18.0 Å². The molecule has 16 heavy (non-hydrogen) atoms. The van der Waals surface area contributed by atoms with E-state index >= 15 is 0 Å². The third-order valence-corrected chi connectivity index (χ3v) is 2.06. The molecule has 0 aliphatic heterocycles. The Kier molecular flexibility index (Phi) is 6.35. The molecule has 0 bridgehead atoms. The van der Waals surface area contributed by atoms with Crippen LogP contribution in [0.15, 0.2) is 0 Å². The summed E-state index contributed by atoms with van der Waals surface area (Å²) < 4.78 is 36.4. The SMILES string of the molecule is CCCN(CCC(N)C(N)=O)CC(F)(F)F. The second-order valence-corrected chi connectivity index (χ2v) is 3.69. The molecular formula is C9H18F3N3O. The highest BCUT2D eigenvalue weighted by molar-refractivity contribution is 5.79. The summed E-state index contributed by atoms with van der Waals surface area (Å²) in [6.45, 7) is 1.26. The van der Waals surface area contributed by atoms with Gasteiger partial charge in [-0.1, -0.05) is 6.92 Å². The predicted octanol–water partition coefficient (Wildman–Crippen LogP) is 0.463. The zero-order valence-corrected chi connectivity index (χ0v) is 9.26. The Hall–Kier alpha value is -0.820. The van der Waals surface area contributed by atoms with Crippen LogP contribution in [-0.2, 0) is 4.79 Å². The predicted molar refractivity (Wildman–Crippen MR) is 54.6 cm³/mol. The topological polar surface area (TPSA) is 72.3 Å². The van der Waals surface area contributed by atoms with Crippen molar-refractivity contribution in [3.63, 3.8) is 0 Å². The summed E-state index contributed by atoms with van der Waals surface area (Å²) in [5.74, 6) is -0.691. The lowest BCUT2D eigenvalue weighted by atomic mass is 10.2. The molecule has 0 saturated heterocycles. The summed E-state index contributed by atoms with van der Waals surface area (Å²) in [7, 11) is 0. The van der Waals surface area contributed by atoms with E-state index in [1.165, 1.54) is 4.90 Å². The molecular weight excluding hydrogens is 223 g/mol. The molecule has 1 amide bonds. The van der Waals surface area contributed by atoms with Crippen molar-refractivity contribution in [1.29, 1.82) is 0 Å². The minimum atomic E-state index is -4.23. The van der Waals surface area contributed by atoms with Crippen molar-refractivity contribution in [2.75, 3.05) is 19.6 Å². The van der Waals surface area contributed by atoms with Crippen LogP contribution in [0.4, 0.5) is 13.2 Å². The Balaban J connectivity index is 4.08. The average Bonchev–Trinajstić information content (AvgIpc) is 2.11. The van der Waals surface area contributed by atoms with Crippen molar-refractivity contribution < 1.29 is 18.0 Å². The quantitative estimate of drug-likeness (QED) is 0.680. The van der Waals surface area contributed by atoms with Crippen molar-refractivity contribution in [1.82, 2.24) is 4.90 Å². The number of halogens is 3. The fraction of sp³-hybridized carbons (Fsp3) is 0.889. The first-order chi connectivity index (χ1) is 7.26. The lowest BCUT2D eigenvalue weighted by Gasteiger charge is -2.23. The van der Waals surface area contributed by atoms with E-state index < -0.39 is 24.7 Å². The lowest BCUT2D eigenvalue weighted by Crippen LogP contribution is -2.42. The number of rotatable bonds is 7. The van der Waals surface area contributed by atoms with Crippen molar-refractivity contribution in [3.8, 4) is 0 Å². The maximum absolute atomic E-state index is 12.1. The molecule has 0 heterocycles. The van der Waals surface area contributed by atoms with E-state index in [0.29, 0.717) is 13.0 Å². The summed E-state index contributed by atoms with van der Waals surface area (Å²) >= 11 is 0. The van der Waals surface area contributed by atoms with E-state index in [0.717, 1.165) is 0 Å². The average molecular weight is 241 g/mol. The number of nitrogens with two attached hydrogens (primary N) is 2. The van der Waals surface area contributed by atoms with Gasteiger partial charge in [-0.3, -0.25) is 9.69 Å². The van der Waals surface area contributed by atoms with Crippen molar-refractivity contribution in [2.24, 2.45) is 11.5 Å². The normalized spacial score (nSPS) is 14.1. The minimum absolute atomic E-state index is 0.122. The number of carbonyl (C=O) groups excluding carboxylic acids is 1. The number of alkyl halides is 3. The molecule has 0 spiro atoms. The number of hydrogen-bond donors (Lipinski definition) is 2. The fourth-order valence-corrected chi connectivity index (χ4v) is 1.30. The van der Waals surface area contributed by atoms with Crippen LogP contribution in [0.3, 0.4) is 0 Å². The molecule has 0 fully saturated rings. The van der Waals surface area contributed by atoms with Gasteiger partial charge < -0.3 is 11.5 Å². The van der Waals surface area contributed by atoms with Crippen LogP contribution in [0.5, 0.6) is 0 Å². The Morgan fingerprint density at radius 3 is 2.31 bits per heavy atom. The number of hydrogen-bond acceptors (Lipinski definition) is 3. The number of nitrogens with zero attached hydrogens (tertiary/aromatic N) is 1. The second-order valence-electron chi connectivity index (χ2n) is 3.69. The molecule has 4 N–H and O–H groups in total. The van der Waals surface area contributed by atoms with E-state index in [4.69, 9.17) is 11.5 Å². The molecule has 4 nitrogen and oxygen atoms in total. The van der Waals surface area contributed by atoms with Crippen LogP contribution in [0, 0.1) is 0 Å². The summed E-state index contributed by atoms with van der Waals surface area (Å²) in [5, 5.41) is 0. The van der Waals surface area contributed by atoms with Crippen LogP contribution < -0.4 is 11.5 Å². The Morgan fingerprint density at radius 1 is 1.38 bits per heavy atom. The summed E-state index contributed by atoms with van der Waals surface area (Å²) in [6, 6.07) is -0.882. The third-order valence-electron chi connectivity index (χ3n) is 2.06. The van der Waals surface area contributed by atoms with E-state index in [-0.39, 0.29) is 13.0 Å². The minimum Gasteiger partial charge on any atom is -0.368 e. The molecule has 0 rings (SSSR count). The van der Waals surface area contributed by atoms with Crippen LogP contribution in [0.2, 0.25) is 0 Å². The van der Waals surface area contributed by atoms with Gasteiger partial charge in [0.1, 0.15) is 0 Å². The summed E-state index contributed by atoms with van der Waals surface area (Å²) in [6.07, 6.45) is -3.47. The molecule has 1 atom stereocenters. The van der Waals surface area contributed by atoms with Gasteiger partial charge in [0.15, 0.2) is 0 Å². The molecule has 0 aliphatic carbocycles. The Labute approximate surface area is 92.8 Å². The van der Waals surface area contributed by atoms with Crippen molar-refractivity contribution in [2.45, 2.75) is 32.0 Å². The monoisotopic (exact) mass is 241 g/mol. The zero-order valence-electron chi connectivity index (χ0n) is 9.26. The number of primary amides is 1. The Morgan fingerprint density at radius 2 is 1.94 bits per heavy atom. The van der Waals surface area contributed by atoms with Gasteiger partial charge >= 0.3 is 6.18 Å². The van der Waals surface area contributed by atoms with Gasteiger partial charge in [0.25, 0.3) is 0 Å². The van der Waals surface area contributed by atoms with E-state index in [1.807, 2.05) is 0 Å². The van der Waals surface area contributed by atoms with Crippen molar-refractivity contribution >= 4 is 5.91 Å². The molecule has 0 aromatic rings. The summed E-state index contributed by atoms with van der Waals surface area (Å²) in [5.41, 5.74) is 10.3.